The predicted octanol–water partition coefficient (Wildman–Crippen LogP) is 4.08. The van der Waals surface area contributed by atoms with Gasteiger partial charge in [-0.1, -0.05) is 11.8 Å². The number of amides is 1. The van der Waals surface area contributed by atoms with Crippen molar-refractivity contribution in [1.29, 1.82) is 0 Å². The number of anilines is 1. The minimum atomic E-state index is -3.26. The lowest BCUT2D eigenvalue weighted by molar-refractivity contribution is -0.113. The number of aromatic nitrogens is 1. The zero-order valence-corrected chi connectivity index (χ0v) is 16.6. The van der Waals surface area contributed by atoms with Crippen LogP contribution >= 0.6 is 23.1 Å². The van der Waals surface area contributed by atoms with Crippen LogP contribution in [0.15, 0.2) is 63.1 Å². The Morgan fingerprint density at radius 3 is 2.44 bits per heavy atom. The maximum absolute atomic E-state index is 13.0. The standard InChI is InChI=1S/C18H15FN2O3S3/c1-27(23,24)15-8-6-14(7-9-15)20-17(22)11-26-18-21-16(10-25-18)12-2-4-13(19)5-3-12/h2-10H,11H2,1H3,(H,20,22). The number of nitrogens with zero attached hydrogens (tertiary/aromatic N) is 1. The van der Waals surface area contributed by atoms with Crippen molar-refractivity contribution in [3.63, 3.8) is 0 Å². The number of benzene rings is 2. The van der Waals surface area contributed by atoms with Crippen molar-refractivity contribution >= 4 is 44.5 Å². The number of carbonyl (C=O) groups is 1. The fourth-order valence-electron chi connectivity index (χ4n) is 2.19. The highest BCUT2D eigenvalue weighted by Gasteiger charge is 2.10. The molecule has 0 fully saturated rings. The van der Waals surface area contributed by atoms with Crippen LogP contribution in [-0.4, -0.2) is 31.3 Å². The molecule has 3 rings (SSSR count). The molecule has 0 unspecified atom stereocenters. The Morgan fingerprint density at radius 1 is 1.15 bits per heavy atom. The van der Waals surface area contributed by atoms with Crippen LogP contribution in [0.2, 0.25) is 0 Å². The normalized spacial score (nSPS) is 11.3. The molecule has 140 valence electrons. The fraction of sp³-hybridized carbons (Fsp3) is 0.111. The molecule has 0 atom stereocenters. The summed E-state index contributed by atoms with van der Waals surface area (Å²) in [6, 6.07) is 12.1. The molecule has 0 aliphatic rings. The van der Waals surface area contributed by atoms with Gasteiger partial charge in [-0.2, -0.15) is 0 Å². The van der Waals surface area contributed by atoms with Gasteiger partial charge in [-0.15, -0.1) is 11.3 Å². The molecule has 0 bridgehead atoms. The third-order valence-electron chi connectivity index (χ3n) is 3.52. The van der Waals surface area contributed by atoms with E-state index in [4.69, 9.17) is 0 Å². The van der Waals surface area contributed by atoms with E-state index in [0.29, 0.717) is 5.69 Å². The van der Waals surface area contributed by atoms with E-state index in [9.17, 15) is 17.6 Å². The molecule has 0 radical (unpaired) electrons. The van der Waals surface area contributed by atoms with Gasteiger partial charge in [-0.3, -0.25) is 4.79 Å². The minimum Gasteiger partial charge on any atom is -0.325 e. The van der Waals surface area contributed by atoms with Crippen molar-refractivity contribution in [3.05, 3.63) is 59.7 Å². The maximum Gasteiger partial charge on any atom is 0.234 e. The third kappa shape index (κ3) is 5.38. The van der Waals surface area contributed by atoms with Crippen LogP contribution in [-0.2, 0) is 14.6 Å². The number of nitrogens with one attached hydrogen (secondary N) is 1. The van der Waals surface area contributed by atoms with Gasteiger partial charge >= 0.3 is 0 Å². The van der Waals surface area contributed by atoms with Gasteiger partial charge in [-0.05, 0) is 48.5 Å². The Kier molecular flexibility index (Phi) is 5.93. The number of sulfone groups is 1. The summed E-state index contributed by atoms with van der Waals surface area (Å²) in [5, 5.41) is 4.57. The van der Waals surface area contributed by atoms with Gasteiger partial charge in [0.2, 0.25) is 5.91 Å². The molecule has 3 aromatic rings. The zero-order valence-electron chi connectivity index (χ0n) is 14.2. The molecule has 0 spiro atoms. The molecule has 2 aromatic carbocycles. The summed E-state index contributed by atoms with van der Waals surface area (Å²) in [4.78, 5) is 16.7. The van der Waals surface area contributed by atoms with E-state index in [1.165, 1.54) is 47.4 Å². The Balaban J connectivity index is 1.56. The van der Waals surface area contributed by atoms with Crippen molar-refractivity contribution in [2.24, 2.45) is 0 Å². The van der Waals surface area contributed by atoms with E-state index in [-0.39, 0.29) is 22.4 Å². The summed E-state index contributed by atoms with van der Waals surface area (Å²) >= 11 is 2.71. The number of hydrogen-bond donors (Lipinski definition) is 1. The van der Waals surface area contributed by atoms with Gasteiger partial charge in [0.25, 0.3) is 0 Å². The molecular weight excluding hydrogens is 407 g/mol. The maximum atomic E-state index is 13.0. The van der Waals surface area contributed by atoms with Gasteiger partial charge in [0, 0.05) is 22.9 Å². The summed E-state index contributed by atoms with van der Waals surface area (Å²) in [6.45, 7) is 0. The van der Waals surface area contributed by atoms with Gasteiger partial charge < -0.3 is 5.32 Å². The monoisotopic (exact) mass is 422 g/mol. The van der Waals surface area contributed by atoms with Crippen LogP contribution in [0, 0.1) is 5.82 Å². The Labute approximate surface area is 164 Å². The smallest absolute Gasteiger partial charge is 0.234 e. The van der Waals surface area contributed by atoms with E-state index in [1.807, 2.05) is 5.38 Å². The second-order valence-electron chi connectivity index (χ2n) is 5.64. The number of thiazole rings is 1. The average Bonchev–Trinajstić information content (AvgIpc) is 3.09. The molecule has 1 amide bonds. The lowest BCUT2D eigenvalue weighted by atomic mass is 10.2. The number of carbonyl (C=O) groups excluding carboxylic acids is 1. The highest BCUT2D eigenvalue weighted by molar-refractivity contribution is 8.01. The Hall–Kier alpha value is -2.23. The van der Waals surface area contributed by atoms with Crippen LogP contribution in [0.4, 0.5) is 10.1 Å². The first-order valence-electron chi connectivity index (χ1n) is 7.75. The molecule has 1 heterocycles. The second kappa shape index (κ2) is 8.20. The first kappa shape index (κ1) is 19.5. The topological polar surface area (TPSA) is 76.1 Å². The SMILES string of the molecule is CS(=O)(=O)c1ccc(NC(=O)CSc2nc(-c3ccc(F)cc3)cs2)cc1. The second-order valence-corrected chi connectivity index (χ2v) is 9.74. The molecule has 0 saturated carbocycles. The molecular formula is C18H15FN2O3S3. The first-order chi connectivity index (χ1) is 12.8. The van der Waals surface area contributed by atoms with Crippen LogP contribution < -0.4 is 5.32 Å². The van der Waals surface area contributed by atoms with Gasteiger partial charge in [0.15, 0.2) is 14.2 Å². The Bertz CT molecular complexity index is 1050. The lowest BCUT2D eigenvalue weighted by Gasteiger charge is -2.05. The van der Waals surface area contributed by atoms with Crippen LogP contribution in [0.5, 0.6) is 0 Å². The van der Waals surface area contributed by atoms with Crippen LogP contribution in [0.3, 0.4) is 0 Å². The van der Waals surface area contributed by atoms with Crippen LogP contribution in [0.25, 0.3) is 11.3 Å². The van der Waals surface area contributed by atoms with Crippen molar-refractivity contribution in [3.8, 4) is 11.3 Å². The fourth-order valence-corrected chi connectivity index (χ4v) is 4.45. The zero-order chi connectivity index (χ0) is 19.4. The molecule has 0 aliphatic carbocycles. The van der Waals surface area contributed by atoms with Crippen LogP contribution in [0.1, 0.15) is 0 Å². The van der Waals surface area contributed by atoms with E-state index < -0.39 is 9.84 Å². The third-order valence-corrected chi connectivity index (χ3v) is 6.67. The van der Waals surface area contributed by atoms with Gasteiger partial charge in [-0.25, -0.2) is 17.8 Å². The highest BCUT2D eigenvalue weighted by Crippen LogP contribution is 2.28. The summed E-state index contributed by atoms with van der Waals surface area (Å²) in [6.07, 6.45) is 1.13. The Morgan fingerprint density at radius 2 is 1.81 bits per heavy atom. The lowest BCUT2D eigenvalue weighted by Crippen LogP contribution is -2.14. The van der Waals surface area contributed by atoms with E-state index in [2.05, 4.69) is 10.3 Å². The largest absolute Gasteiger partial charge is 0.325 e. The number of thioether (sulfide) groups is 1. The first-order valence-corrected chi connectivity index (χ1v) is 11.5. The molecule has 27 heavy (non-hydrogen) atoms. The summed E-state index contributed by atoms with van der Waals surface area (Å²) in [7, 11) is -3.26. The summed E-state index contributed by atoms with van der Waals surface area (Å²) < 4.78 is 36.6. The van der Waals surface area contributed by atoms with E-state index in [1.54, 1.807) is 24.3 Å². The van der Waals surface area contributed by atoms with Crippen molar-refractivity contribution in [1.82, 2.24) is 4.98 Å². The quantitative estimate of drug-likeness (QED) is 0.606. The van der Waals surface area contributed by atoms with Crippen molar-refractivity contribution in [2.75, 3.05) is 17.3 Å². The molecule has 5 nitrogen and oxygen atoms in total. The summed E-state index contributed by atoms with van der Waals surface area (Å²) in [5.41, 5.74) is 2.08. The molecule has 0 aliphatic heterocycles. The summed E-state index contributed by atoms with van der Waals surface area (Å²) in [5.74, 6) is -0.347. The number of rotatable bonds is 6. The molecule has 1 N–H and O–H groups in total. The molecule has 0 saturated heterocycles. The predicted molar refractivity (Wildman–Crippen MR) is 106 cm³/mol. The van der Waals surface area contributed by atoms with Crippen molar-refractivity contribution in [2.45, 2.75) is 9.24 Å². The molecule has 1 aromatic heterocycles. The minimum absolute atomic E-state index is 0.171. The van der Waals surface area contributed by atoms with Crippen molar-refractivity contribution < 1.29 is 17.6 Å². The van der Waals surface area contributed by atoms with Gasteiger partial charge in [0.05, 0.1) is 16.3 Å². The van der Waals surface area contributed by atoms with E-state index in [0.717, 1.165) is 21.9 Å². The average molecular weight is 423 g/mol. The van der Waals surface area contributed by atoms with Gasteiger partial charge in [0.1, 0.15) is 5.82 Å². The number of halogens is 1. The number of hydrogen-bond acceptors (Lipinski definition) is 6. The van der Waals surface area contributed by atoms with E-state index >= 15 is 0 Å². The highest BCUT2D eigenvalue weighted by atomic mass is 32.2. The molecule has 9 heteroatoms.